The summed E-state index contributed by atoms with van der Waals surface area (Å²) in [5.74, 6) is -1.88. The third kappa shape index (κ3) is 2.68. The average molecular weight is 378 g/mol. The van der Waals surface area contributed by atoms with E-state index in [9.17, 15) is 13.6 Å². The molecule has 0 aliphatic heterocycles. The molecule has 0 bridgehead atoms. The van der Waals surface area contributed by atoms with Gasteiger partial charge in [-0.3, -0.25) is 19.4 Å². The van der Waals surface area contributed by atoms with Crippen LogP contribution in [0.4, 0.5) is 14.6 Å². The number of pyridine rings is 2. The number of nitrogens with two attached hydrogens (primary N) is 1. The van der Waals surface area contributed by atoms with Gasteiger partial charge in [0.2, 0.25) is 0 Å². The van der Waals surface area contributed by atoms with E-state index in [0.29, 0.717) is 22.3 Å². The Bertz CT molecular complexity index is 1280. The van der Waals surface area contributed by atoms with Gasteiger partial charge in [-0.25, -0.2) is 8.78 Å². The molecule has 0 amide bonds. The number of rotatable bonds is 3. The number of anilines is 1. The number of nitriles is 1. The number of hydrogen-bond donors (Lipinski definition) is 2. The lowest BCUT2D eigenvalue weighted by atomic mass is 10.1. The van der Waals surface area contributed by atoms with Crippen molar-refractivity contribution in [3.63, 3.8) is 0 Å². The van der Waals surface area contributed by atoms with Crippen molar-refractivity contribution in [1.29, 1.82) is 5.26 Å². The second-order valence-electron chi connectivity index (χ2n) is 6.03. The summed E-state index contributed by atoms with van der Waals surface area (Å²) in [6, 6.07) is 8.70. The van der Waals surface area contributed by atoms with Crippen LogP contribution in [0.15, 0.2) is 47.5 Å². The van der Waals surface area contributed by atoms with Crippen molar-refractivity contribution in [2.75, 3.05) is 5.73 Å². The first-order valence-corrected chi connectivity index (χ1v) is 8.17. The number of aromatic amines is 1. The number of hydrogen-bond acceptors (Lipinski definition) is 5. The first-order valence-electron chi connectivity index (χ1n) is 8.17. The molecular weight excluding hydrogens is 366 g/mol. The van der Waals surface area contributed by atoms with Gasteiger partial charge in [-0.05, 0) is 23.8 Å². The maximum absolute atomic E-state index is 14.3. The minimum atomic E-state index is -0.896. The predicted molar refractivity (Wildman–Crippen MR) is 98.6 cm³/mol. The van der Waals surface area contributed by atoms with E-state index >= 15 is 0 Å². The number of nitrogen functional groups attached to an aromatic ring is 1. The minimum Gasteiger partial charge on any atom is -0.382 e. The maximum Gasteiger partial charge on any atom is 0.268 e. The molecule has 3 N–H and O–H groups in total. The molecule has 0 unspecified atom stereocenters. The Morgan fingerprint density at radius 2 is 1.96 bits per heavy atom. The molecule has 0 fully saturated rings. The van der Waals surface area contributed by atoms with Gasteiger partial charge in [-0.1, -0.05) is 12.1 Å². The van der Waals surface area contributed by atoms with Crippen LogP contribution in [0.5, 0.6) is 0 Å². The van der Waals surface area contributed by atoms with Gasteiger partial charge in [-0.2, -0.15) is 10.4 Å². The van der Waals surface area contributed by atoms with E-state index in [2.05, 4.69) is 15.2 Å². The van der Waals surface area contributed by atoms with E-state index in [1.54, 1.807) is 12.1 Å². The molecule has 0 radical (unpaired) electrons. The highest BCUT2D eigenvalue weighted by atomic mass is 19.1. The van der Waals surface area contributed by atoms with Crippen LogP contribution >= 0.6 is 0 Å². The smallest absolute Gasteiger partial charge is 0.268 e. The molecular formula is C19H12F2N6O. The number of benzene rings is 1. The van der Waals surface area contributed by atoms with Crippen LogP contribution in [0, 0.1) is 23.0 Å². The second kappa shape index (κ2) is 6.59. The number of aromatic nitrogens is 4. The van der Waals surface area contributed by atoms with Gasteiger partial charge in [0.25, 0.3) is 5.56 Å². The third-order valence-corrected chi connectivity index (χ3v) is 4.32. The first-order chi connectivity index (χ1) is 13.5. The van der Waals surface area contributed by atoms with Crippen molar-refractivity contribution in [2.24, 2.45) is 0 Å². The SMILES string of the molecule is N#CCc1ccc(-c2cn(-c3c(F)cccc3F)c(=O)c3c(N)n[nH]c23)nc1. The number of para-hydroxylation sites is 1. The topological polar surface area (TPSA) is 113 Å². The van der Waals surface area contributed by atoms with Crippen LogP contribution in [0.25, 0.3) is 27.8 Å². The number of H-pyrrole nitrogens is 1. The molecule has 3 heterocycles. The highest BCUT2D eigenvalue weighted by molar-refractivity contribution is 5.97. The van der Waals surface area contributed by atoms with Gasteiger partial charge >= 0.3 is 0 Å². The Kier molecular flexibility index (Phi) is 4.08. The first kappa shape index (κ1) is 17.4. The second-order valence-corrected chi connectivity index (χ2v) is 6.03. The molecule has 28 heavy (non-hydrogen) atoms. The van der Waals surface area contributed by atoms with E-state index in [4.69, 9.17) is 11.0 Å². The van der Waals surface area contributed by atoms with Crippen molar-refractivity contribution in [1.82, 2.24) is 19.7 Å². The Morgan fingerprint density at radius 1 is 1.21 bits per heavy atom. The Labute approximate surface area is 156 Å². The van der Waals surface area contributed by atoms with Gasteiger partial charge in [0, 0.05) is 18.0 Å². The fraction of sp³-hybridized carbons (Fsp3) is 0.0526. The quantitative estimate of drug-likeness (QED) is 0.569. The molecule has 9 heteroatoms. The van der Waals surface area contributed by atoms with Gasteiger partial charge in [0.15, 0.2) is 5.82 Å². The van der Waals surface area contributed by atoms with Crippen LogP contribution in [0.1, 0.15) is 5.56 Å². The van der Waals surface area contributed by atoms with Crippen LogP contribution in [-0.4, -0.2) is 19.7 Å². The molecule has 0 aliphatic carbocycles. The minimum absolute atomic E-state index is 0.00283. The zero-order valence-electron chi connectivity index (χ0n) is 14.3. The number of halogens is 2. The average Bonchev–Trinajstić information content (AvgIpc) is 3.06. The zero-order chi connectivity index (χ0) is 19.8. The molecule has 4 aromatic rings. The molecule has 1 aromatic carbocycles. The van der Waals surface area contributed by atoms with E-state index in [-0.39, 0.29) is 17.6 Å². The molecule has 0 spiro atoms. The fourth-order valence-corrected chi connectivity index (χ4v) is 3.00. The monoisotopic (exact) mass is 378 g/mol. The van der Waals surface area contributed by atoms with Gasteiger partial charge in [-0.15, -0.1) is 0 Å². The Morgan fingerprint density at radius 3 is 2.61 bits per heavy atom. The molecule has 138 valence electrons. The molecule has 0 saturated carbocycles. The predicted octanol–water partition coefficient (Wildman–Crippen LogP) is 2.70. The molecule has 0 saturated heterocycles. The summed E-state index contributed by atoms with van der Waals surface area (Å²) in [6.45, 7) is 0. The largest absolute Gasteiger partial charge is 0.382 e. The van der Waals surface area contributed by atoms with Crippen molar-refractivity contribution < 1.29 is 8.78 Å². The highest BCUT2D eigenvalue weighted by Gasteiger charge is 2.20. The zero-order valence-corrected chi connectivity index (χ0v) is 14.3. The standard InChI is InChI=1S/C19H12F2N6O/c20-12-2-1-3-13(21)17(12)27-9-11(14-5-4-10(6-7-22)8-24-14)16-15(19(27)28)18(23)26-25-16/h1-5,8-9H,6H2,(H3,23,25,26). The lowest BCUT2D eigenvalue weighted by Crippen LogP contribution is -2.21. The van der Waals surface area contributed by atoms with E-state index in [1.165, 1.54) is 18.5 Å². The lowest BCUT2D eigenvalue weighted by Gasteiger charge is -2.12. The van der Waals surface area contributed by atoms with Crippen LogP contribution in [-0.2, 0) is 6.42 Å². The number of nitrogens with zero attached hydrogens (tertiary/aromatic N) is 4. The highest BCUT2D eigenvalue weighted by Crippen LogP contribution is 2.28. The summed E-state index contributed by atoms with van der Waals surface area (Å²) < 4.78 is 29.5. The summed E-state index contributed by atoms with van der Waals surface area (Å²) in [5, 5.41) is 15.3. The molecule has 0 aliphatic rings. The van der Waals surface area contributed by atoms with Crippen LogP contribution < -0.4 is 11.3 Å². The Balaban J connectivity index is 2.04. The number of fused-ring (bicyclic) bond motifs is 1. The maximum atomic E-state index is 14.3. The summed E-state index contributed by atoms with van der Waals surface area (Å²) in [5.41, 5.74) is 6.39. The van der Waals surface area contributed by atoms with Crippen molar-refractivity contribution in [3.05, 3.63) is 70.3 Å². The normalized spacial score (nSPS) is 10.9. The summed E-state index contributed by atoms with van der Waals surface area (Å²) in [7, 11) is 0. The summed E-state index contributed by atoms with van der Waals surface area (Å²) >= 11 is 0. The third-order valence-electron chi connectivity index (χ3n) is 4.32. The lowest BCUT2D eigenvalue weighted by molar-refractivity contribution is 0.567. The van der Waals surface area contributed by atoms with Gasteiger partial charge < -0.3 is 5.73 Å². The summed E-state index contributed by atoms with van der Waals surface area (Å²) in [4.78, 5) is 17.2. The molecule has 7 nitrogen and oxygen atoms in total. The van der Waals surface area contributed by atoms with Crippen LogP contribution in [0.2, 0.25) is 0 Å². The van der Waals surface area contributed by atoms with E-state index in [0.717, 1.165) is 16.7 Å². The van der Waals surface area contributed by atoms with Crippen LogP contribution in [0.3, 0.4) is 0 Å². The summed E-state index contributed by atoms with van der Waals surface area (Å²) in [6.07, 6.45) is 3.00. The van der Waals surface area contributed by atoms with Crippen molar-refractivity contribution in [2.45, 2.75) is 6.42 Å². The van der Waals surface area contributed by atoms with Crippen molar-refractivity contribution >= 4 is 16.7 Å². The van der Waals surface area contributed by atoms with E-state index in [1.807, 2.05) is 6.07 Å². The van der Waals surface area contributed by atoms with Gasteiger partial charge in [0.05, 0.1) is 23.7 Å². The van der Waals surface area contributed by atoms with Crippen molar-refractivity contribution in [3.8, 4) is 23.0 Å². The molecule has 0 atom stereocenters. The van der Waals surface area contributed by atoms with E-state index < -0.39 is 22.9 Å². The Hall–Kier alpha value is -4.06. The molecule has 4 rings (SSSR count). The molecule has 3 aromatic heterocycles. The fourth-order valence-electron chi connectivity index (χ4n) is 3.00. The number of nitrogens with one attached hydrogen (secondary N) is 1. The van der Waals surface area contributed by atoms with Gasteiger partial charge in [0.1, 0.15) is 22.7 Å².